The number of ether oxygens (including phenoxy) is 1. The van der Waals surface area contributed by atoms with E-state index in [9.17, 15) is 23.9 Å². The van der Waals surface area contributed by atoms with Gasteiger partial charge in [0.2, 0.25) is 0 Å². The summed E-state index contributed by atoms with van der Waals surface area (Å²) in [6.07, 6.45) is 0.680. The maximum Gasteiger partial charge on any atom is 0.321 e. The molecule has 2 N–H and O–H groups in total. The molecule has 3 aromatic rings. The van der Waals surface area contributed by atoms with Crippen LogP contribution in [0.4, 0.5) is 9.18 Å². The Labute approximate surface area is 219 Å². The quantitative estimate of drug-likeness (QED) is 0.449. The highest BCUT2D eigenvalue weighted by Crippen LogP contribution is 2.29. The van der Waals surface area contributed by atoms with E-state index in [-0.39, 0.29) is 36.9 Å². The van der Waals surface area contributed by atoms with Gasteiger partial charge in [0.15, 0.2) is 5.78 Å². The maximum absolute atomic E-state index is 13.5. The molecule has 0 fully saturated rings. The molecule has 10 heteroatoms. The van der Waals surface area contributed by atoms with Crippen LogP contribution in [0.15, 0.2) is 71.2 Å². The van der Waals surface area contributed by atoms with Gasteiger partial charge >= 0.3 is 6.03 Å². The minimum Gasteiger partial charge on any atom is -0.389 e. The molecule has 0 spiro atoms. The van der Waals surface area contributed by atoms with E-state index in [0.717, 1.165) is 11.1 Å². The number of aryl methyl sites for hydroxylation is 1. The van der Waals surface area contributed by atoms with E-state index in [0.29, 0.717) is 22.4 Å². The van der Waals surface area contributed by atoms with E-state index in [1.165, 1.54) is 41.1 Å². The highest BCUT2D eigenvalue weighted by molar-refractivity contribution is 6.00. The first-order chi connectivity index (χ1) is 18.2. The number of urea groups is 1. The number of rotatable bonds is 9. The number of hydrogen-bond acceptors (Lipinski definition) is 6. The van der Waals surface area contributed by atoms with E-state index >= 15 is 0 Å². The van der Waals surface area contributed by atoms with Crippen LogP contribution in [0.25, 0.3) is 11.3 Å². The topological polar surface area (TPSA) is 114 Å². The average molecular weight is 521 g/mol. The Morgan fingerprint density at radius 3 is 2.61 bits per heavy atom. The second-order valence-corrected chi connectivity index (χ2v) is 9.22. The minimum absolute atomic E-state index is 0.0180. The number of halogens is 1. The first-order valence-corrected chi connectivity index (χ1v) is 12.0. The van der Waals surface area contributed by atoms with Crippen LogP contribution in [0.1, 0.15) is 22.7 Å². The van der Waals surface area contributed by atoms with Crippen molar-refractivity contribution in [2.75, 3.05) is 20.8 Å². The molecule has 2 amide bonds. The largest absolute Gasteiger partial charge is 0.389 e. The van der Waals surface area contributed by atoms with Gasteiger partial charge in [-0.3, -0.25) is 9.59 Å². The third kappa shape index (κ3) is 6.04. The molecule has 4 rings (SSSR count). The van der Waals surface area contributed by atoms with E-state index in [1.54, 1.807) is 25.2 Å². The molecule has 198 valence electrons. The highest BCUT2D eigenvalue weighted by Gasteiger charge is 2.30. The molecule has 2 atom stereocenters. The Hall–Kier alpha value is -4.15. The summed E-state index contributed by atoms with van der Waals surface area (Å²) in [6.45, 7) is 1.94. The first-order valence-electron chi connectivity index (χ1n) is 12.0. The second kappa shape index (κ2) is 11.5. The standard InChI is InChI=1S/C28H29FN4O5/c1-17-4-5-19(24-10-11-26(36)33(31-24)14-22(34)16-38-3)12-20(17)13-25(35)23-15-32(2)28(37)30-27(23)18-6-8-21(29)9-7-18/h4-12,15,22,27,34H,13-14,16H2,1-3H3,(H,30,37)/t22-,27+/m1/s1. The van der Waals surface area contributed by atoms with Crippen LogP contribution < -0.4 is 10.9 Å². The number of nitrogens with zero attached hydrogens (tertiary/aromatic N) is 3. The number of amides is 2. The monoisotopic (exact) mass is 520 g/mol. The zero-order chi connectivity index (χ0) is 27.4. The van der Waals surface area contributed by atoms with Crippen molar-refractivity contribution in [2.45, 2.75) is 32.0 Å². The normalized spacial score (nSPS) is 16.1. The Bertz CT molecular complexity index is 1430. The molecule has 0 aliphatic carbocycles. The molecule has 38 heavy (non-hydrogen) atoms. The molecule has 1 aromatic heterocycles. The van der Waals surface area contributed by atoms with Crippen molar-refractivity contribution in [1.29, 1.82) is 0 Å². The van der Waals surface area contributed by atoms with E-state index < -0.39 is 18.0 Å². The van der Waals surface area contributed by atoms with E-state index in [2.05, 4.69) is 10.4 Å². The van der Waals surface area contributed by atoms with Gasteiger partial charge in [-0.1, -0.05) is 24.3 Å². The molecule has 1 aliphatic heterocycles. The van der Waals surface area contributed by atoms with Gasteiger partial charge in [0.25, 0.3) is 5.56 Å². The number of aliphatic hydroxyl groups is 1. The van der Waals surface area contributed by atoms with Gasteiger partial charge in [-0.25, -0.2) is 13.9 Å². The summed E-state index contributed by atoms with van der Waals surface area (Å²) in [6, 6.07) is 13.1. The van der Waals surface area contributed by atoms with Crippen LogP contribution >= 0.6 is 0 Å². The summed E-state index contributed by atoms with van der Waals surface area (Å²) in [5, 5.41) is 17.2. The fraction of sp³-hybridized carbons (Fsp3) is 0.286. The molecule has 1 aliphatic rings. The number of benzene rings is 2. The van der Waals surface area contributed by atoms with Crippen molar-refractivity contribution >= 4 is 11.8 Å². The van der Waals surface area contributed by atoms with Crippen LogP contribution in [-0.4, -0.2) is 58.5 Å². The summed E-state index contributed by atoms with van der Waals surface area (Å²) < 4.78 is 19.6. The molecule has 9 nitrogen and oxygen atoms in total. The van der Waals surface area contributed by atoms with Crippen molar-refractivity contribution in [3.8, 4) is 11.3 Å². The lowest BCUT2D eigenvalue weighted by atomic mass is 9.90. The molecule has 2 heterocycles. The number of nitrogens with one attached hydrogen (secondary N) is 1. The number of carbonyl (C=O) groups excluding carboxylic acids is 2. The summed E-state index contributed by atoms with van der Waals surface area (Å²) >= 11 is 0. The van der Waals surface area contributed by atoms with E-state index in [1.807, 2.05) is 25.1 Å². The number of ketones is 1. The van der Waals surface area contributed by atoms with Gasteiger partial charge in [-0.15, -0.1) is 0 Å². The number of Topliss-reactive ketones (excluding diaryl/α,β-unsaturated/α-hetero) is 1. The summed E-state index contributed by atoms with van der Waals surface area (Å²) in [4.78, 5) is 39.4. The van der Waals surface area contributed by atoms with Gasteiger partial charge in [-0.05, 0) is 47.9 Å². The van der Waals surface area contributed by atoms with Crippen molar-refractivity contribution in [3.05, 3.63) is 99.2 Å². The van der Waals surface area contributed by atoms with Gasteiger partial charge in [-0.2, -0.15) is 5.10 Å². The lowest BCUT2D eigenvalue weighted by molar-refractivity contribution is -0.115. The third-order valence-corrected chi connectivity index (χ3v) is 6.36. The van der Waals surface area contributed by atoms with Gasteiger partial charge < -0.3 is 20.1 Å². The summed E-state index contributed by atoms with van der Waals surface area (Å²) in [7, 11) is 3.02. The van der Waals surface area contributed by atoms with Crippen LogP contribution in [0, 0.1) is 12.7 Å². The molecule has 2 aromatic carbocycles. The smallest absolute Gasteiger partial charge is 0.321 e. The zero-order valence-corrected chi connectivity index (χ0v) is 21.3. The Morgan fingerprint density at radius 1 is 1.16 bits per heavy atom. The minimum atomic E-state index is -0.886. The summed E-state index contributed by atoms with van der Waals surface area (Å²) in [5.41, 5.74) is 3.47. The molecular formula is C28H29FN4O5. The van der Waals surface area contributed by atoms with Crippen molar-refractivity contribution < 1.29 is 23.8 Å². The van der Waals surface area contributed by atoms with Crippen LogP contribution in [0.3, 0.4) is 0 Å². The van der Waals surface area contributed by atoms with E-state index in [4.69, 9.17) is 4.74 Å². The first kappa shape index (κ1) is 26.9. The Morgan fingerprint density at radius 2 is 1.89 bits per heavy atom. The number of aliphatic hydroxyl groups excluding tert-OH is 1. The van der Waals surface area contributed by atoms with Gasteiger partial charge in [0, 0.05) is 44.0 Å². The predicted octanol–water partition coefficient (Wildman–Crippen LogP) is 2.76. The Balaban J connectivity index is 1.62. The van der Waals surface area contributed by atoms with Crippen LogP contribution in [-0.2, 0) is 22.5 Å². The molecule has 0 saturated carbocycles. The number of hydrogen-bond donors (Lipinski definition) is 2. The number of carbonyl (C=O) groups is 2. The lowest BCUT2D eigenvalue weighted by Crippen LogP contribution is -2.43. The Kier molecular flexibility index (Phi) is 8.13. The van der Waals surface area contributed by atoms with Crippen molar-refractivity contribution in [3.63, 3.8) is 0 Å². The average Bonchev–Trinajstić information content (AvgIpc) is 2.88. The maximum atomic E-state index is 13.5. The van der Waals surface area contributed by atoms with Gasteiger partial charge in [0.1, 0.15) is 5.82 Å². The summed E-state index contributed by atoms with van der Waals surface area (Å²) in [5.74, 6) is -0.613. The van der Waals surface area contributed by atoms with Crippen LogP contribution in [0.5, 0.6) is 0 Å². The van der Waals surface area contributed by atoms with Crippen LogP contribution in [0.2, 0.25) is 0 Å². The number of methoxy groups -OCH3 is 1. The van der Waals surface area contributed by atoms with Crippen molar-refractivity contribution in [1.82, 2.24) is 20.0 Å². The third-order valence-electron chi connectivity index (χ3n) is 6.36. The predicted molar refractivity (Wildman–Crippen MR) is 139 cm³/mol. The molecule has 0 unspecified atom stereocenters. The molecule has 0 saturated heterocycles. The molecule has 0 radical (unpaired) electrons. The second-order valence-electron chi connectivity index (χ2n) is 9.22. The SMILES string of the molecule is COC[C@H](O)Cn1nc(-c2ccc(C)c(CC(=O)C3=CN(C)C(=O)N[C@H]3c3ccc(F)cc3)c2)ccc1=O. The zero-order valence-electron chi connectivity index (χ0n) is 21.3. The highest BCUT2D eigenvalue weighted by atomic mass is 19.1. The lowest BCUT2D eigenvalue weighted by Gasteiger charge is -2.30. The van der Waals surface area contributed by atoms with Gasteiger partial charge in [0.05, 0.1) is 31.0 Å². The molecular weight excluding hydrogens is 491 g/mol. The fourth-order valence-electron chi connectivity index (χ4n) is 4.27. The van der Waals surface area contributed by atoms with Crippen molar-refractivity contribution in [2.24, 2.45) is 0 Å². The fourth-order valence-corrected chi connectivity index (χ4v) is 4.27. The molecule has 0 bridgehead atoms. The number of aromatic nitrogens is 2.